The second-order valence-corrected chi connectivity index (χ2v) is 6.95. The van der Waals surface area contributed by atoms with Crippen LogP contribution in [-0.2, 0) is 17.8 Å². The summed E-state index contributed by atoms with van der Waals surface area (Å²) in [5, 5.41) is 9.01. The van der Waals surface area contributed by atoms with Crippen molar-refractivity contribution in [2.45, 2.75) is 31.8 Å². The first-order valence-corrected chi connectivity index (χ1v) is 8.77. The Kier molecular flexibility index (Phi) is 4.58. The molecule has 1 saturated carbocycles. The maximum absolute atomic E-state index is 13.2. The molecule has 2 aromatic rings. The van der Waals surface area contributed by atoms with Gasteiger partial charge < -0.3 is 5.11 Å². The number of rotatable bonds is 2. The van der Waals surface area contributed by atoms with Crippen LogP contribution in [0.2, 0.25) is 0 Å². The first-order chi connectivity index (χ1) is 13.0. The van der Waals surface area contributed by atoms with E-state index in [0.29, 0.717) is 31.3 Å². The van der Waals surface area contributed by atoms with Crippen LogP contribution in [0.3, 0.4) is 0 Å². The molecule has 1 aliphatic carbocycles. The fraction of sp³-hybridized carbons (Fsp3) is 0.350. The van der Waals surface area contributed by atoms with Gasteiger partial charge >= 0.3 is 5.97 Å². The fourth-order valence-corrected chi connectivity index (χ4v) is 3.55. The van der Waals surface area contributed by atoms with Gasteiger partial charge in [0, 0.05) is 48.9 Å². The number of carbonyl (C=O) groups is 1. The van der Waals surface area contributed by atoms with Crippen molar-refractivity contribution >= 4 is 5.97 Å². The predicted octanol–water partition coefficient (Wildman–Crippen LogP) is 2.38. The van der Waals surface area contributed by atoms with Crippen LogP contribution < -0.4 is 0 Å². The van der Waals surface area contributed by atoms with Crippen LogP contribution in [0.25, 0.3) is 0 Å². The highest BCUT2D eigenvalue weighted by molar-refractivity contribution is 5.71. The Labute approximate surface area is 155 Å². The highest BCUT2D eigenvalue weighted by Crippen LogP contribution is 2.34. The summed E-state index contributed by atoms with van der Waals surface area (Å²) in [4.78, 5) is 21.9. The van der Waals surface area contributed by atoms with Gasteiger partial charge in [-0.05, 0) is 30.9 Å². The Bertz CT molecular complexity index is 941. The molecule has 0 atom stereocenters. The van der Waals surface area contributed by atoms with Gasteiger partial charge in [-0.2, -0.15) is 0 Å². The van der Waals surface area contributed by atoms with E-state index in [1.54, 1.807) is 6.20 Å². The lowest BCUT2D eigenvalue weighted by Crippen LogP contribution is -2.48. The molecule has 0 saturated heterocycles. The summed E-state index contributed by atoms with van der Waals surface area (Å²) < 4.78 is 26.4. The molecular weight excluding hydrogens is 352 g/mol. The van der Waals surface area contributed by atoms with E-state index in [1.165, 1.54) is 0 Å². The molecule has 0 bridgehead atoms. The SMILES string of the molecule is O=C(O)C1CC(N2CCc3nc(C#Cc4cc(F)cc(F)c4)ncc3C2)C1. The number of hydrogen-bond acceptors (Lipinski definition) is 4. The van der Waals surface area contributed by atoms with Crippen LogP contribution in [0.5, 0.6) is 0 Å². The van der Waals surface area contributed by atoms with Gasteiger partial charge in [-0.25, -0.2) is 18.7 Å². The van der Waals surface area contributed by atoms with Crippen LogP contribution in [0.1, 0.15) is 35.5 Å². The van der Waals surface area contributed by atoms with Crippen LogP contribution >= 0.6 is 0 Å². The summed E-state index contributed by atoms with van der Waals surface area (Å²) in [6.45, 7) is 1.53. The third kappa shape index (κ3) is 3.81. The van der Waals surface area contributed by atoms with Crippen LogP contribution in [0, 0.1) is 29.4 Å². The summed E-state index contributed by atoms with van der Waals surface area (Å²) in [6, 6.07) is 3.43. The lowest BCUT2D eigenvalue weighted by atomic mass is 9.78. The molecule has 138 valence electrons. The molecule has 0 radical (unpaired) electrons. The molecule has 5 nitrogen and oxygen atoms in total. The maximum atomic E-state index is 13.2. The number of benzene rings is 1. The minimum atomic E-state index is -0.714. The number of carboxylic acids is 1. The average molecular weight is 369 g/mol. The first kappa shape index (κ1) is 17.6. The molecule has 1 N–H and O–H groups in total. The average Bonchev–Trinajstić information content (AvgIpc) is 2.57. The van der Waals surface area contributed by atoms with Gasteiger partial charge in [-0.15, -0.1) is 0 Å². The summed E-state index contributed by atoms with van der Waals surface area (Å²) in [6.07, 6.45) is 3.87. The zero-order chi connectivity index (χ0) is 19.0. The zero-order valence-corrected chi connectivity index (χ0v) is 14.5. The number of halogens is 2. The zero-order valence-electron chi connectivity index (χ0n) is 14.5. The third-order valence-electron chi connectivity index (χ3n) is 5.12. The summed E-state index contributed by atoms with van der Waals surface area (Å²) >= 11 is 0. The number of nitrogens with zero attached hydrogens (tertiary/aromatic N) is 3. The molecule has 1 aliphatic heterocycles. The minimum Gasteiger partial charge on any atom is -0.481 e. The molecule has 0 amide bonds. The van der Waals surface area contributed by atoms with E-state index in [1.807, 2.05) is 0 Å². The van der Waals surface area contributed by atoms with Crippen LogP contribution in [0.15, 0.2) is 24.4 Å². The molecule has 4 rings (SSSR count). The van der Waals surface area contributed by atoms with Crippen molar-refractivity contribution in [3.63, 3.8) is 0 Å². The molecule has 27 heavy (non-hydrogen) atoms. The quantitative estimate of drug-likeness (QED) is 0.824. The predicted molar refractivity (Wildman–Crippen MR) is 92.6 cm³/mol. The van der Waals surface area contributed by atoms with Crippen LogP contribution in [0.4, 0.5) is 8.78 Å². The Balaban J connectivity index is 1.45. The van der Waals surface area contributed by atoms with E-state index in [0.717, 1.165) is 42.4 Å². The van der Waals surface area contributed by atoms with E-state index in [4.69, 9.17) is 5.11 Å². The Morgan fingerprint density at radius 3 is 2.63 bits per heavy atom. The number of aliphatic carboxylic acids is 1. The molecule has 1 aromatic heterocycles. The van der Waals surface area contributed by atoms with Gasteiger partial charge in [0.15, 0.2) is 0 Å². The summed E-state index contributed by atoms with van der Waals surface area (Å²) in [5.74, 6) is 3.48. The van der Waals surface area contributed by atoms with Crippen LogP contribution in [-0.4, -0.2) is 38.5 Å². The smallest absolute Gasteiger partial charge is 0.306 e. The summed E-state index contributed by atoms with van der Waals surface area (Å²) in [7, 11) is 0. The Hall–Kier alpha value is -2.85. The molecule has 1 aromatic carbocycles. The van der Waals surface area contributed by atoms with Gasteiger partial charge in [0.25, 0.3) is 0 Å². The number of hydrogen-bond donors (Lipinski definition) is 1. The highest BCUT2D eigenvalue weighted by Gasteiger charge is 2.38. The monoisotopic (exact) mass is 369 g/mol. The van der Waals surface area contributed by atoms with Gasteiger partial charge in [-0.3, -0.25) is 9.69 Å². The van der Waals surface area contributed by atoms with Crippen molar-refractivity contribution in [1.29, 1.82) is 0 Å². The standard InChI is InChI=1S/C20H17F2N3O2/c21-15-5-12(6-16(22)9-15)1-2-19-23-10-14-11-25(4-3-18(14)24-19)17-7-13(8-17)20(26)27/h5-6,9-10,13,17H,3-4,7-8,11H2,(H,26,27). The normalized spacial score (nSPS) is 21.6. The molecule has 2 heterocycles. The topological polar surface area (TPSA) is 66.3 Å². The van der Waals surface area contributed by atoms with Gasteiger partial charge in [0.1, 0.15) is 11.6 Å². The maximum Gasteiger partial charge on any atom is 0.306 e. The second-order valence-electron chi connectivity index (χ2n) is 6.95. The highest BCUT2D eigenvalue weighted by atomic mass is 19.1. The van der Waals surface area contributed by atoms with Crippen molar-refractivity contribution in [3.05, 3.63) is 58.7 Å². The van der Waals surface area contributed by atoms with E-state index in [9.17, 15) is 13.6 Å². The molecule has 2 aliphatic rings. The van der Waals surface area contributed by atoms with E-state index < -0.39 is 17.6 Å². The molecule has 0 spiro atoms. The second kappa shape index (κ2) is 7.05. The van der Waals surface area contributed by atoms with Crippen molar-refractivity contribution in [2.24, 2.45) is 5.92 Å². The Morgan fingerprint density at radius 2 is 1.93 bits per heavy atom. The van der Waals surface area contributed by atoms with Crippen molar-refractivity contribution in [2.75, 3.05) is 6.54 Å². The molecule has 0 unspecified atom stereocenters. The third-order valence-corrected chi connectivity index (χ3v) is 5.12. The largest absolute Gasteiger partial charge is 0.481 e. The summed E-state index contributed by atoms with van der Waals surface area (Å²) in [5.41, 5.74) is 2.17. The van der Waals surface area contributed by atoms with Crippen molar-refractivity contribution in [3.8, 4) is 11.8 Å². The number of carboxylic acid groups (broad SMARTS) is 1. The van der Waals surface area contributed by atoms with Gasteiger partial charge in [-0.1, -0.05) is 5.92 Å². The van der Waals surface area contributed by atoms with E-state index in [2.05, 4.69) is 26.7 Å². The first-order valence-electron chi connectivity index (χ1n) is 8.77. The number of aromatic nitrogens is 2. The lowest BCUT2D eigenvalue weighted by Gasteiger charge is -2.43. The van der Waals surface area contributed by atoms with E-state index in [-0.39, 0.29) is 11.5 Å². The minimum absolute atomic E-state index is 0.224. The van der Waals surface area contributed by atoms with Crippen molar-refractivity contribution in [1.82, 2.24) is 14.9 Å². The van der Waals surface area contributed by atoms with Gasteiger partial charge in [0.05, 0.1) is 11.6 Å². The lowest BCUT2D eigenvalue weighted by molar-refractivity contribution is -0.147. The molecular formula is C20H17F2N3O2. The van der Waals surface area contributed by atoms with Gasteiger partial charge in [0.2, 0.25) is 5.82 Å². The van der Waals surface area contributed by atoms with E-state index >= 15 is 0 Å². The van der Waals surface area contributed by atoms with Crippen molar-refractivity contribution < 1.29 is 18.7 Å². The Morgan fingerprint density at radius 1 is 1.19 bits per heavy atom. The fourth-order valence-electron chi connectivity index (χ4n) is 3.55. The molecule has 1 fully saturated rings. The molecule has 7 heteroatoms. The number of fused-ring (bicyclic) bond motifs is 1.